The van der Waals surface area contributed by atoms with Gasteiger partial charge in [-0.3, -0.25) is 4.98 Å². The number of hydrogen-bond donors (Lipinski definition) is 2. The average Bonchev–Trinajstić information content (AvgIpc) is 2.40. The summed E-state index contributed by atoms with van der Waals surface area (Å²) in [5, 5.41) is 14.8. The first kappa shape index (κ1) is 12.0. The maximum atomic E-state index is 9.11. The number of benzene rings is 1. The Bertz CT molecular complexity index is 480. The van der Waals surface area contributed by atoms with Crippen molar-refractivity contribution in [1.82, 2.24) is 10.3 Å². The van der Waals surface area contributed by atoms with Crippen LogP contribution in [-0.4, -0.2) is 22.7 Å². The standard InChI is InChI=1S/C14H18N2O/c1-2-14(10-17)16-8-11-3-4-13-9-15-6-5-12(13)7-11/h3-7,9,14,16-17H,2,8,10H2,1H3/t14-/m1/s1. The second kappa shape index (κ2) is 5.75. The predicted molar refractivity (Wildman–Crippen MR) is 69.7 cm³/mol. The van der Waals surface area contributed by atoms with Crippen molar-refractivity contribution in [2.24, 2.45) is 0 Å². The van der Waals surface area contributed by atoms with Gasteiger partial charge in [0.15, 0.2) is 0 Å². The highest BCUT2D eigenvalue weighted by Crippen LogP contribution is 2.14. The molecular weight excluding hydrogens is 212 g/mol. The number of aromatic nitrogens is 1. The van der Waals surface area contributed by atoms with E-state index in [1.807, 2.05) is 18.5 Å². The minimum atomic E-state index is 0.183. The van der Waals surface area contributed by atoms with Crippen molar-refractivity contribution in [1.29, 1.82) is 0 Å². The van der Waals surface area contributed by atoms with Crippen LogP contribution in [0.2, 0.25) is 0 Å². The molecule has 90 valence electrons. The fourth-order valence-corrected chi connectivity index (χ4v) is 1.84. The van der Waals surface area contributed by atoms with Crippen molar-refractivity contribution >= 4 is 10.8 Å². The molecular formula is C14H18N2O. The number of aliphatic hydroxyl groups excluding tert-OH is 1. The number of fused-ring (bicyclic) bond motifs is 1. The van der Waals surface area contributed by atoms with E-state index in [1.54, 1.807) is 0 Å². The number of hydrogen-bond acceptors (Lipinski definition) is 3. The number of nitrogens with zero attached hydrogens (tertiary/aromatic N) is 1. The summed E-state index contributed by atoms with van der Waals surface area (Å²) in [7, 11) is 0. The van der Waals surface area contributed by atoms with Gasteiger partial charge in [-0.1, -0.05) is 19.1 Å². The molecule has 1 heterocycles. The van der Waals surface area contributed by atoms with Crippen LogP contribution in [0.4, 0.5) is 0 Å². The molecule has 0 amide bonds. The highest BCUT2D eigenvalue weighted by atomic mass is 16.3. The van der Waals surface area contributed by atoms with E-state index in [1.165, 1.54) is 10.9 Å². The van der Waals surface area contributed by atoms with Gasteiger partial charge in [0.25, 0.3) is 0 Å². The van der Waals surface area contributed by atoms with Crippen LogP contribution in [-0.2, 0) is 6.54 Å². The Kier molecular flexibility index (Phi) is 4.07. The average molecular weight is 230 g/mol. The van der Waals surface area contributed by atoms with Crippen LogP contribution in [0.1, 0.15) is 18.9 Å². The van der Waals surface area contributed by atoms with Crippen molar-refractivity contribution in [3.63, 3.8) is 0 Å². The zero-order valence-corrected chi connectivity index (χ0v) is 10.1. The van der Waals surface area contributed by atoms with Gasteiger partial charge in [-0.05, 0) is 29.5 Å². The molecule has 2 aromatic rings. The number of pyridine rings is 1. The maximum absolute atomic E-state index is 9.11. The lowest BCUT2D eigenvalue weighted by atomic mass is 10.1. The third kappa shape index (κ3) is 3.02. The Morgan fingerprint density at radius 3 is 2.94 bits per heavy atom. The Hall–Kier alpha value is -1.45. The van der Waals surface area contributed by atoms with Crippen molar-refractivity contribution in [3.8, 4) is 0 Å². The molecule has 3 nitrogen and oxygen atoms in total. The van der Waals surface area contributed by atoms with Gasteiger partial charge in [0, 0.05) is 30.4 Å². The van der Waals surface area contributed by atoms with Gasteiger partial charge < -0.3 is 10.4 Å². The van der Waals surface area contributed by atoms with Crippen molar-refractivity contribution in [3.05, 3.63) is 42.2 Å². The molecule has 0 spiro atoms. The van der Waals surface area contributed by atoms with E-state index in [2.05, 4.69) is 35.4 Å². The van der Waals surface area contributed by atoms with E-state index < -0.39 is 0 Å². The summed E-state index contributed by atoms with van der Waals surface area (Å²) in [4.78, 5) is 4.09. The third-order valence-electron chi connectivity index (χ3n) is 3.01. The largest absolute Gasteiger partial charge is 0.395 e. The zero-order valence-electron chi connectivity index (χ0n) is 10.1. The van der Waals surface area contributed by atoms with Crippen molar-refractivity contribution in [2.75, 3.05) is 6.61 Å². The van der Waals surface area contributed by atoms with Crippen molar-refractivity contribution < 1.29 is 5.11 Å². The van der Waals surface area contributed by atoms with Gasteiger partial charge in [-0.2, -0.15) is 0 Å². The minimum absolute atomic E-state index is 0.183. The zero-order chi connectivity index (χ0) is 12.1. The van der Waals surface area contributed by atoms with Crippen LogP contribution in [0.5, 0.6) is 0 Å². The molecule has 0 fully saturated rings. The molecule has 1 atom stereocenters. The number of aliphatic hydroxyl groups is 1. The van der Waals surface area contributed by atoms with Gasteiger partial charge in [0.1, 0.15) is 0 Å². The monoisotopic (exact) mass is 230 g/mol. The van der Waals surface area contributed by atoms with Crippen LogP contribution in [0, 0.1) is 0 Å². The molecule has 0 aliphatic carbocycles. The molecule has 0 bridgehead atoms. The van der Waals surface area contributed by atoms with Crippen LogP contribution >= 0.6 is 0 Å². The van der Waals surface area contributed by atoms with Gasteiger partial charge in [0.2, 0.25) is 0 Å². The summed E-state index contributed by atoms with van der Waals surface area (Å²) in [5.74, 6) is 0. The summed E-state index contributed by atoms with van der Waals surface area (Å²) >= 11 is 0. The van der Waals surface area contributed by atoms with E-state index >= 15 is 0 Å². The first-order chi connectivity index (χ1) is 8.33. The summed E-state index contributed by atoms with van der Waals surface area (Å²) < 4.78 is 0. The normalized spacial score (nSPS) is 12.8. The second-order valence-electron chi connectivity index (χ2n) is 4.23. The maximum Gasteiger partial charge on any atom is 0.0584 e. The van der Waals surface area contributed by atoms with E-state index in [4.69, 9.17) is 5.11 Å². The fourth-order valence-electron chi connectivity index (χ4n) is 1.84. The van der Waals surface area contributed by atoms with E-state index in [-0.39, 0.29) is 12.6 Å². The summed E-state index contributed by atoms with van der Waals surface area (Å²) in [5.41, 5.74) is 1.23. The summed E-state index contributed by atoms with van der Waals surface area (Å²) in [6.07, 6.45) is 4.62. The van der Waals surface area contributed by atoms with Gasteiger partial charge in [-0.15, -0.1) is 0 Å². The van der Waals surface area contributed by atoms with Gasteiger partial charge in [-0.25, -0.2) is 0 Å². The minimum Gasteiger partial charge on any atom is -0.395 e. The molecule has 2 rings (SSSR count). The molecule has 1 aromatic heterocycles. The number of nitrogens with one attached hydrogen (secondary N) is 1. The summed E-state index contributed by atoms with van der Waals surface area (Å²) in [6.45, 7) is 3.05. The lowest BCUT2D eigenvalue weighted by molar-refractivity contribution is 0.238. The smallest absolute Gasteiger partial charge is 0.0584 e. The third-order valence-corrected chi connectivity index (χ3v) is 3.01. The molecule has 1 aromatic carbocycles. The highest BCUT2D eigenvalue weighted by molar-refractivity contribution is 5.81. The topological polar surface area (TPSA) is 45.1 Å². The molecule has 0 saturated heterocycles. The summed E-state index contributed by atoms with van der Waals surface area (Å²) in [6, 6.07) is 8.54. The Labute approximate surface area is 102 Å². The lowest BCUT2D eigenvalue weighted by Gasteiger charge is -2.14. The van der Waals surface area contributed by atoms with E-state index in [0.29, 0.717) is 0 Å². The molecule has 3 heteroatoms. The Morgan fingerprint density at radius 2 is 2.18 bits per heavy atom. The van der Waals surface area contributed by atoms with Crippen LogP contribution in [0.3, 0.4) is 0 Å². The Balaban J connectivity index is 2.09. The van der Waals surface area contributed by atoms with Gasteiger partial charge in [0.05, 0.1) is 6.61 Å². The van der Waals surface area contributed by atoms with E-state index in [9.17, 15) is 0 Å². The highest BCUT2D eigenvalue weighted by Gasteiger charge is 2.03. The molecule has 0 radical (unpaired) electrons. The molecule has 0 unspecified atom stereocenters. The Morgan fingerprint density at radius 1 is 1.29 bits per heavy atom. The number of rotatable bonds is 5. The molecule has 0 aliphatic rings. The van der Waals surface area contributed by atoms with E-state index in [0.717, 1.165) is 18.4 Å². The predicted octanol–water partition coefficient (Wildman–Crippen LogP) is 2.10. The first-order valence-electron chi connectivity index (χ1n) is 6.00. The SMILES string of the molecule is CC[C@H](CO)NCc1ccc2cnccc2c1. The second-order valence-corrected chi connectivity index (χ2v) is 4.23. The van der Waals surface area contributed by atoms with Crippen LogP contribution in [0.15, 0.2) is 36.7 Å². The van der Waals surface area contributed by atoms with Gasteiger partial charge >= 0.3 is 0 Å². The van der Waals surface area contributed by atoms with Crippen LogP contribution in [0.25, 0.3) is 10.8 Å². The molecule has 0 saturated carbocycles. The molecule has 0 aliphatic heterocycles. The first-order valence-corrected chi connectivity index (χ1v) is 6.00. The molecule has 2 N–H and O–H groups in total. The lowest BCUT2D eigenvalue weighted by Crippen LogP contribution is -2.31. The van der Waals surface area contributed by atoms with Crippen LogP contribution < -0.4 is 5.32 Å². The van der Waals surface area contributed by atoms with Crippen molar-refractivity contribution in [2.45, 2.75) is 25.9 Å². The fraction of sp³-hybridized carbons (Fsp3) is 0.357. The quantitative estimate of drug-likeness (QED) is 0.826. The molecule has 17 heavy (non-hydrogen) atoms.